The van der Waals surface area contributed by atoms with E-state index < -0.39 is 5.97 Å². The van der Waals surface area contributed by atoms with E-state index >= 15 is 0 Å². The summed E-state index contributed by atoms with van der Waals surface area (Å²) in [5.74, 6) is -0.215. The number of amides is 1. The van der Waals surface area contributed by atoms with Crippen LogP contribution in [0.15, 0.2) is 54.6 Å². The second-order valence-electron chi connectivity index (χ2n) is 7.22. The maximum absolute atomic E-state index is 12.4. The van der Waals surface area contributed by atoms with Gasteiger partial charge in [0.25, 0.3) is 0 Å². The lowest BCUT2D eigenvalue weighted by Gasteiger charge is -2.19. The molecule has 0 saturated heterocycles. The number of aliphatic carboxylic acids is 1. The Morgan fingerprint density at radius 3 is 2.37 bits per heavy atom. The summed E-state index contributed by atoms with van der Waals surface area (Å²) in [5.41, 5.74) is 3.59. The number of hydrogen-bond acceptors (Lipinski definition) is 3. The molecule has 5 heteroatoms. The monoisotopic (exact) mass is 409 g/mol. The van der Waals surface area contributed by atoms with E-state index in [0.29, 0.717) is 25.3 Å². The van der Waals surface area contributed by atoms with Crippen LogP contribution in [0.25, 0.3) is 5.57 Å². The van der Waals surface area contributed by atoms with Crippen molar-refractivity contribution in [2.24, 2.45) is 0 Å². The lowest BCUT2D eigenvalue weighted by Crippen LogP contribution is -2.28. The van der Waals surface area contributed by atoms with Crippen molar-refractivity contribution in [3.05, 3.63) is 71.3 Å². The van der Waals surface area contributed by atoms with Crippen LogP contribution >= 0.6 is 0 Å². The highest BCUT2D eigenvalue weighted by Gasteiger charge is 2.14. The smallest absolute Gasteiger partial charge is 0.303 e. The lowest BCUT2D eigenvalue weighted by atomic mass is 10.00. The van der Waals surface area contributed by atoms with E-state index in [1.54, 1.807) is 11.0 Å². The van der Waals surface area contributed by atoms with Gasteiger partial charge in [-0.15, -0.1) is 0 Å². The second-order valence-corrected chi connectivity index (χ2v) is 7.22. The van der Waals surface area contributed by atoms with Crippen molar-refractivity contribution in [1.29, 1.82) is 0 Å². The fraction of sp³-hybridized carbons (Fsp3) is 0.360. The van der Waals surface area contributed by atoms with Crippen molar-refractivity contribution in [3.63, 3.8) is 0 Å². The third-order valence-electron chi connectivity index (χ3n) is 5.11. The minimum atomic E-state index is -0.855. The minimum Gasteiger partial charge on any atom is -0.486 e. The van der Waals surface area contributed by atoms with E-state index in [1.807, 2.05) is 76.2 Å². The van der Waals surface area contributed by atoms with Gasteiger partial charge < -0.3 is 14.7 Å². The van der Waals surface area contributed by atoms with Crippen LogP contribution in [0.2, 0.25) is 0 Å². The Bertz CT molecular complexity index is 885. The van der Waals surface area contributed by atoms with Gasteiger partial charge in [-0.2, -0.15) is 0 Å². The van der Waals surface area contributed by atoms with Gasteiger partial charge in [0, 0.05) is 25.6 Å². The first-order valence-electron chi connectivity index (χ1n) is 10.4. The Morgan fingerprint density at radius 2 is 1.77 bits per heavy atom. The van der Waals surface area contributed by atoms with Crippen LogP contribution in [-0.4, -0.2) is 35.0 Å². The van der Waals surface area contributed by atoms with Gasteiger partial charge >= 0.3 is 5.97 Å². The zero-order valence-electron chi connectivity index (χ0n) is 18.2. The molecule has 0 radical (unpaired) electrons. The maximum atomic E-state index is 12.4. The van der Waals surface area contributed by atoms with Crippen molar-refractivity contribution >= 4 is 17.4 Å². The molecule has 30 heavy (non-hydrogen) atoms. The average Bonchev–Trinajstić information content (AvgIpc) is 2.74. The standard InChI is InChI=1S/C25H31NO4/c1-5-26(6-2)24(27)16-18(3)21-12-14-23(22(17-21)13-15-25(28)29)30-19(4)20-10-8-7-9-11-20/h7-12,14,16-17,19H,5-6,13,15H2,1-4H3,(H,28,29)/b18-16-. The van der Waals surface area contributed by atoms with Crippen LogP contribution in [0.5, 0.6) is 5.75 Å². The number of rotatable bonds is 10. The molecule has 0 aliphatic heterocycles. The van der Waals surface area contributed by atoms with Gasteiger partial charge in [0.05, 0.1) is 0 Å². The van der Waals surface area contributed by atoms with Crippen LogP contribution in [0.4, 0.5) is 0 Å². The van der Waals surface area contributed by atoms with E-state index in [1.165, 1.54) is 0 Å². The first-order valence-corrected chi connectivity index (χ1v) is 10.4. The molecule has 0 spiro atoms. The number of carboxylic acid groups (broad SMARTS) is 1. The number of hydrogen-bond donors (Lipinski definition) is 1. The van der Waals surface area contributed by atoms with Crippen LogP contribution in [0.3, 0.4) is 0 Å². The fourth-order valence-corrected chi connectivity index (χ4v) is 3.25. The predicted molar refractivity (Wildman–Crippen MR) is 119 cm³/mol. The third kappa shape index (κ3) is 6.48. The van der Waals surface area contributed by atoms with E-state index in [4.69, 9.17) is 9.84 Å². The molecule has 0 bridgehead atoms. The quantitative estimate of drug-likeness (QED) is 0.554. The number of carbonyl (C=O) groups excluding carboxylic acids is 1. The normalized spacial score (nSPS) is 12.3. The molecule has 5 nitrogen and oxygen atoms in total. The third-order valence-corrected chi connectivity index (χ3v) is 5.11. The summed E-state index contributed by atoms with van der Waals surface area (Å²) in [6.07, 6.45) is 1.84. The number of carboxylic acids is 1. The molecule has 2 aromatic rings. The molecule has 0 aliphatic carbocycles. The van der Waals surface area contributed by atoms with E-state index in [-0.39, 0.29) is 18.4 Å². The van der Waals surface area contributed by atoms with Crippen molar-refractivity contribution in [2.75, 3.05) is 13.1 Å². The first kappa shape index (κ1) is 23.2. The molecule has 2 aromatic carbocycles. The van der Waals surface area contributed by atoms with Crippen molar-refractivity contribution in [2.45, 2.75) is 46.6 Å². The summed E-state index contributed by atoms with van der Waals surface area (Å²) >= 11 is 0. The first-order chi connectivity index (χ1) is 14.3. The van der Waals surface area contributed by atoms with Crippen LogP contribution in [0, 0.1) is 0 Å². The van der Waals surface area contributed by atoms with Gasteiger partial charge in [0.15, 0.2) is 0 Å². The Labute approximate surface area is 179 Å². The summed E-state index contributed by atoms with van der Waals surface area (Å²) < 4.78 is 6.17. The molecule has 0 aromatic heterocycles. The molecular weight excluding hydrogens is 378 g/mol. The molecule has 0 saturated carbocycles. The highest BCUT2D eigenvalue weighted by molar-refractivity contribution is 5.95. The minimum absolute atomic E-state index is 0.0146. The number of benzene rings is 2. The predicted octanol–water partition coefficient (Wildman–Crippen LogP) is 5.12. The number of nitrogens with zero attached hydrogens (tertiary/aromatic N) is 1. The van der Waals surface area contributed by atoms with E-state index in [2.05, 4.69) is 0 Å². The molecule has 1 amide bonds. The summed E-state index contributed by atoms with van der Waals surface area (Å²) in [6.45, 7) is 9.09. The Hall–Kier alpha value is -3.08. The Morgan fingerprint density at radius 1 is 1.10 bits per heavy atom. The number of ether oxygens (including phenoxy) is 1. The van der Waals surface area contributed by atoms with Gasteiger partial charge in [0.1, 0.15) is 11.9 Å². The van der Waals surface area contributed by atoms with Gasteiger partial charge in [-0.1, -0.05) is 36.4 Å². The molecule has 160 valence electrons. The highest BCUT2D eigenvalue weighted by Crippen LogP contribution is 2.29. The second kappa shape index (κ2) is 11.2. The molecule has 1 unspecified atom stereocenters. The summed E-state index contributed by atoms with van der Waals surface area (Å²) in [4.78, 5) is 25.3. The molecule has 1 N–H and O–H groups in total. The maximum Gasteiger partial charge on any atom is 0.303 e. The topological polar surface area (TPSA) is 66.8 Å². The fourth-order valence-electron chi connectivity index (χ4n) is 3.25. The van der Waals surface area contributed by atoms with Crippen molar-refractivity contribution in [1.82, 2.24) is 4.90 Å². The Kier molecular flexibility index (Phi) is 8.66. The SMILES string of the molecule is CCN(CC)C(=O)/C=C(/C)c1ccc(OC(C)c2ccccc2)c(CCC(=O)O)c1. The number of carbonyl (C=O) groups is 2. The molecule has 1 atom stereocenters. The Balaban J connectivity index is 2.30. The molecule has 0 aliphatic rings. The highest BCUT2D eigenvalue weighted by atomic mass is 16.5. The van der Waals surface area contributed by atoms with Crippen molar-refractivity contribution < 1.29 is 19.4 Å². The van der Waals surface area contributed by atoms with Gasteiger partial charge in [-0.25, -0.2) is 0 Å². The number of likely N-dealkylation sites (N-methyl/N-ethyl adjacent to an activating group) is 1. The largest absolute Gasteiger partial charge is 0.486 e. The van der Waals surface area contributed by atoms with E-state index in [0.717, 1.165) is 22.3 Å². The summed E-state index contributed by atoms with van der Waals surface area (Å²) in [5, 5.41) is 9.14. The average molecular weight is 410 g/mol. The van der Waals surface area contributed by atoms with Gasteiger partial charge in [-0.3, -0.25) is 9.59 Å². The zero-order chi connectivity index (χ0) is 22.1. The van der Waals surface area contributed by atoms with Crippen LogP contribution in [-0.2, 0) is 16.0 Å². The lowest BCUT2D eigenvalue weighted by molar-refractivity contribution is -0.137. The molecule has 2 rings (SSSR count). The van der Waals surface area contributed by atoms with Gasteiger partial charge in [0.2, 0.25) is 5.91 Å². The van der Waals surface area contributed by atoms with Crippen LogP contribution < -0.4 is 4.74 Å². The molecular formula is C25H31NO4. The number of aryl methyl sites for hydroxylation is 1. The zero-order valence-corrected chi connectivity index (χ0v) is 18.2. The van der Waals surface area contributed by atoms with Crippen molar-refractivity contribution in [3.8, 4) is 5.75 Å². The van der Waals surface area contributed by atoms with E-state index in [9.17, 15) is 9.59 Å². The number of allylic oxidation sites excluding steroid dienone is 1. The van der Waals surface area contributed by atoms with Gasteiger partial charge in [-0.05, 0) is 68.5 Å². The molecule has 0 fully saturated rings. The summed E-state index contributed by atoms with van der Waals surface area (Å²) in [6, 6.07) is 15.6. The van der Waals surface area contributed by atoms with Crippen LogP contribution in [0.1, 0.15) is 56.9 Å². The summed E-state index contributed by atoms with van der Waals surface area (Å²) in [7, 11) is 0. The molecule has 0 heterocycles.